The minimum atomic E-state index is 0.464. The Morgan fingerprint density at radius 1 is 0.944 bits per heavy atom. The van der Waals surface area contributed by atoms with Gasteiger partial charge in [-0.1, -0.05) is 18.2 Å². The molecule has 1 N–H and O–H groups in total. The lowest BCUT2D eigenvalue weighted by molar-refractivity contribution is 0.347. The van der Waals surface area contributed by atoms with Crippen LogP contribution in [0, 0.1) is 0 Å². The average Bonchev–Trinajstić information content (AvgIpc) is 2.40. The van der Waals surface area contributed by atoms with Crippen molar-refractivity contribution in [2.24, 2.45) is 0 Å². The molecule has 0 aromatic heterocycles. The van der Waals surface area contributed by atoms with Crippen LogP contribution in [0.5, 0.6) is 5.75 Å². The summed E-state index contributed by atoms with van der Waals surface area (Å²) in [6, 6.07) is 18.0. The lowest BCUT2D eigenvalue weighted by Gasteiger charge is -2.13. The molecule has 2 aromatic rings. The lowest BCUT2D eigenvalue weighted by atomic mass is 10.2. The second-order valence-corrected chi connectivity index (χ2v) is 4.22. The summed E-state index contributed by atoms with van der Waals surface area (Å²) >= 11 is 0. The van der Waals surface area contributed by atoms with Gasteiger partial charge in [0.2, 0.25) is 0 Å². The van der Waals surface area contributed by atoms with Crippen LogP contribution < -0.4 is 15.0 Å². The first-order valence-electron chi connectivity index (χ1n) is 5.95. The molecular formula is C15H18N2O. The number of hydrogen-bond donors (Lipinski definition) is 1. The lowest BCUT2D eigenvalue weighted by Crippen LogP contribution is -2.10. The van der Waals surface area contributed by atoms with Crippen molar-refractivity contribution in [2.45, 2.75) is 0 Å². The van der Waals surface area contributed by atoms with E-state index in [1.54, 1.807) is 0 Å². The second-order valence-electron chi connectivity index (χ2n) is 4.22. The summed E-state index contributed by atoms with van der Waals surface area (Å²) in [4.78, 5) is 2.07. The van der Waals surface area contributed by atoms with Crippen LogP contribution in [0.25, 0.3) is 0 Å². The van der Waals surface area contributed by atoms with Gasteiger partial charge < -0.3 is 15.0 Å². The third kappa shape index (κ3) is 3.42. The Morgan fingerprint density at radius 2 is 1.61 bits per heavy atom. The van der Waals surface area contributed by atoms with Crippen molar-refractivity contribution in [1.29, 1.82) is 0 Å². The van der Waals surface area contributed by atoms with Gasteiger partial charge in [-0.25, -0.2) is 0 Å². The van der Waals surface area contributed by atoms with Crippen LogP contribution in [0.2, 0.25) is 0 Å². The van der Waals surface area contributed by atoms with Crippen LogP contribution in [0.15, 0.2) is 54.6 Å². The SMILES string of the molecule is CN(C)c1ccc(NCOc2ccccc2)cc1. The third-order valence-electron chi connectivity index (χ3n) is 2.64. The van der Waals surface area contributed by atoms with Gasteiger partial charge in [0.05, 0.1) is 0 Å². The van der Waals surface area contributed by atoms with E-state index in [0.717, 1.165) is 11.4 Å². The van der Waals surface area contributed by atoms with E-state index in [0.29, 0.717) is 6.73 Å². The fourth-order valence-corrected chi connectivity index (χ4v) is 1.60. The molecule has 3 heteroatoms. The van der Waals surface area contributed by atoms with Gasteiger partial charge in [0, 0.05) is 25.5 Å². The highest BCUT2D eigenvalue weighted by molar-refractivity contribution is 5.54. The predicted octanol–water partition coefficient (Wildman–Crippen LogP) is 3.20. The molecule has 0 aliphatic carbocycles. The molecule has 3 nitrogen and oxygen atoms in total. The summed E-state index contributed by atoms with van der Waals surface area (Å²) in [6.07, 6.45) is 0. The van der Waals surface area contributed by atoms with Crippen molar-refractivity contribution in [2.75, 3.05) is 31.0 Å². The van der Waals surface area contributed by atoms with Crippen LogP contribution in [-0.4, -0.2) is 20.8 Å². The third-order valence-corrected chi connectivity index (χ3v) is 2.64. The van der Waals surface area contributed by atoms with E-state index >= 15 is 0 Å². The zero-order chi connectivity index (χ0) is 12.8. The van der Waals surface area contributed by atoms with Crippen LogP contribution in [0.1, 0.15) is 0 Å². The normalized spacial score (nSPS) is 9.89. The van der Waals surface area contributed by atoms with Crippen molar-refractivity contribution >= 4 is 11.4 Å². The minimum absolute atomic E-state index is 0.464. The van der Waals surface area contributed by atoms with E-state index in [4.69, 9.17) is 4.74 Å². The van der Waals surface area contributed by atoms with Gasteiger partial charge >= 0.3 is 0 Å². The maximum atomic E-state index is 5.57. The van der Waals surface area contributed by atoms with Crippen LogP contribution in [0.3, 0.4) is 0 Å². The van der Waals surface area contributed by atoms with Crippen molar-refractivity contribution < 1.29 is 4.74 Å². The highest BCUT2D eigenvalue weighted by atomic mass is 16.5. The van der Waals surface area contributed by atoms with E-state index in [2.05, 4.69) is 22.3 Å². The molecule has 0 fully saturated rings. The maximum Gasteiger partial charge on any atom is 0.159 e. The van der Waals surface area contributed by atoms with Gasteiger partial charge in [0.15, 0.2) is 6.73 Å². The standard InChI is InChI=1S/C15H18N2O/c1-17(2)14-10-8-13(9-11-14)16-12-18-15-6-4-3-5-7-15/h3-11,16H,12H2,1-2H3. The number of para-hydroxylation sites is 1. The Labute approximate surface area is 108 Å². The monoisotopic (exact) mass is 242 g/mol. The van der Waals surface area contributed by atoms with E-state index in [1.165, 1.54) is 5.69 Å². The van der Waals surface area contributed by atoms with E-state index < -0.39 is 0 Å². The number of hydrogen-bond acceptors (Lipinski definition) is 3. The fourth-order valence-electron chi connectivity index (χ4n) is 1.60. The largest absolute Gasteiger partial charge is 0.473 e. The highest BCUT2D eigenvalue weighted by Gasteiger charge is 1.96. The second kappa shape index (κ2) is 5.96. The van der Waals surface area contributed by atoms with Crippen LogP contribution >= 0.6 is 0 Å². The zero-order valence-corrected chi connectivity index (χ0v) is 10.8. The molecule has 0 spiro atoms. The number of nitrogens with one attached hydrogen (secondary N) is 1. The molecule has 94 valence electrons. The first-order chi connectivity index (χ1) is 8.75. The topological polar surface area (TPSA) is 24.5 Å². The van der Waals surface area contributed by atoms with E-state index in [1.807, 2.05) is 56.6 Å². The molecule has 2 aromatic carbocycles. The first-order valence-corrected chi connectivity index (χ1v) is 5.95. The van der Waals surface area contributed by atoms with Crippen molar-refractivity contribution in [3.05, 3.63) is 54.6 Å². The first kappa shape index (κ1) is 12.3. The van der Waals surface area contributed by atoms with Crippen LogP contribution in [-0.2, 0) is 0 Å². The molecule has 0 aliphatic rings. The number of benzene rings is 2. The number of anilines is 2. The van der Waals surface area contributed by atoms with Crippen LogP contribution in [0.4, 0.5) is 11.4 Å². The summed E-state index contributed by atoms with van der Waals surface area (Å²) in [5.41, 5.74) is 2.24. The number of rotatable bonds is 5. The molecule has 0 radical (unpaired) electrons. The Bertz CT molecular complexity index is 466. The van der Waals surface area contributed by atoms with Gasteiger partial charge in [-0.3, -0.25) is 0 Å². The average molecular weight is 242 g/mol. The van der Waals surface area contributed by atoms with Crippen molar-refractivity contribution in [3.63, 3.8) is 0 Å². The smallest absolute Gasteiger partial charge is 0.159 e. The molecule has 0 aliphatic heterocycles. The molecule has 2 rings (SSSR count). The molecular weight excluding hydrogens is 224 g/mol. The summed E-state index contributed by atoms with van der Waals surface area (Å²) in [7, 11) is 4.06. The summed E-state index contributed by atoms with van der Waals surface area (Å²) in [6.45, 7) is 0.464. The molecule has 0 heterocycles. The summed E-state index contributed by atoms with van der Waals surface area (Å²) < 4.78 is 5.57. The Balaban J connectivity index is 1.83. The quantitative estimate of drug-likeness (QED) is 0.815. The Morgan fingerprint density at radius 3 is 2.22 bits per heavy atom. The van der Waals surface area contributed by atoms with Crippen molar-refractivity contribution in [1.82, 2.24) is 0 Å². The highest BCUT2D eigenvalue weighted by Crippen LogP contribution is 2.15. The Hall–Kier alpha value is -2.16. The number of ether oxygens (including phenoxy) is 1. The molecule has 0 atom stereocenters. The predicted molar refractivity (Wildman–Crippen MR) is 76.3 cm³/mol. The molecule has 0 saturated heterocycles. The minimum Gasteiger partial charge on any atom is -0.473 e. The summed E-state index contributed by atoms with van der Waals surface area (Å²) in [5.74, 6) is 0.870. The van der Waals surface area contributed by atoms with Crippen molar-refractivity contribution in [3.8, 4) is 5.75 Å². The summed E-state index contributed by atoms with van der Waals surface area (Å²) in [5, 5.41) is 3.22. The van der Waals surface area contributed by atoms with Gasteiger partial charge in [0.1, 0.15) is 5.75 Å². The Kier molecular flexibility index (Phi) is 4.07. The maximum absolute atomic E-state index is 5.57. The van der Waals surface area contributed by atoms with E-state index in [9.17, 15) is 0 Å². The van der Waals surface area contributed by atoms with E-state index in [-0.39, 0.29) is 0 Å². The fraction of sp³-hybridized carbons (Fsp3) is 0.200. The molecule has 18 heavy (non-hydrogen) atoms. The van der Waals surface area contributed by atoms with Gasteiger partial charge in [-0.05, 0) is 36.4 Å². The van der Waals surface area contributed by atoms with Gasteiger partial charge in [-0.2, -0.15) is 0 Å². The molecule has 0 amide bonds. The van der Waals surface area contributed by atoms with Gasteiger partial charge in [0.25, 0.3) is 0 Å². The van der Waals surface area contributed by atoms with Gasteiger partial charge in [-0.15, -0.1) is 0 Å². The molecule has 0 unspecified atom stereocenters. The molecule has 0 bridgehead atoms. The zero-order valence-electron chi connectivity index (χ0n) is 10.8. The number of nitrogens with zero attached hydrogens (tertiary/aromatic N) is 1. The molecule has 0 saturated carbocycles.